The Morgan fingerprint density at radius 2 is 1.60 bits per heavy atom. The van der Waals surface area contributed by atoms with Gasteiger partial charge in [-0.1, -0.05) is 29.8 Å². The van der Waals surface area contributed by atoms with Crippen molar-refractivity contribution >= 4 is 40.8 Å². The molecule has 0 bridgehead atoms. The predicted molar refractivity (Wildman–Crippen MR) is 188 cm³/mol. The Labute approximate surface area is 297 Å². The number of piperidine rings is 3. The van der Waals surface area contributed by atoms with E-state index in [9.17, 15) is 27.6 Å². The Bertz CT molecular complexity index is 1530. The normalized spacial score (nSPS) is 20.6. The molecule has 0 unspecified atom stereocenters. The zero-order valence-corrected chi connectivity index (χ0v) is 29.4. The monoisotopic (exact) mass is 716 g/mol. The zero-order valence-electron chi connectivity index (χ0n) is 28.7. The molecule has 2 aromatic carbocycles. The van der Waals surface area contributed by atoms with Crippen LogP contribution < -0.4 is 16.0 Å². The number of benzene rings is 2. The van der Waals surface area contributed by atoms with Gasteiger partial charge in [0.15, 0.2) is 0 Å². The van der Waals surface area contributed by atoms with E-state index in [0.717, 1.165) is 62.5 Å². The van der Waals surface area contributed by atoms with Crippen molar-refractivity contribution < 1.29 is 27.6 Å². The first-order valence-corrected chi connectivity index (χ1v) is 18.4. The molecule has 1 atom stereocenters. The second-order valence-electron chi connectivity index (χ2n) is 14.2. The molecule has 3 N–H and O–H groups in total. The lowest BCUT2D eigenvalue weighted by molar-refractivity contribution is -0.143. The Morgan fingerprint density at radius 3 is 2.28 bits per heavy atom. The average Bonchev–Trinajstić information content (AvgIpc) is 3.29. The highest BCUT2D eigenvalue weighted by Gasteiger charge is 2.38. The van der Waals surface area contributed by atoms with Crippen molar-refractivity contribution in [2.45, 2.75) is 70.0 Å². The van der Waals surface area contributed by atoms with Crippen molar-refractivity contribution in [1.29, 1.82) is 0 Å². The van der Waals surface area contributed by atoms with Crippen molar-refractivity contribution in [3.05, 3.63) is 58.1 Å². The summed E-state index contributed by atoms with van der Waals surface area (Å²) in [5.74, 6) is -0.0419. The number of nitrogens with one attached hydrogen (secondary N) is 3. The minimum absolute atomic E-state index is 0.0272. The van der Waals surface area contributed by atoms with Crippen LogP contribution >= 0.6 is 11.6 Å². The van der Waals surface area contributed by atoms with Gasteiger partial charge in [0.1, 0.15) is 0 Å². The van der Waals surface area contributed by atoms with E-state index in [1.807, 2.05) is 34.1 Å². The number of nitrogens with zero attached hydrogens (tertiary/aromatic N) is 3. The van der Waals surface area contributed by atoms with E-state index in [-0.39, 0.29) is 53.0 Å². The molecule has 3 fully saturated rings. The van der Waals surface area contributed by atoms with Gasteiger partial charge in [-0.15, -0.1) is 0 Å². The highest BCUT2D eigenvalue weighted by atomic mass is 35.5. The molecule has 272 valence electrons. The van der Waals surface area contributed by atoms with Crippen LogP contribution in [0.4, 0.5) is 29.3 Å². The Hall–Kier alpha value is -3.51. The number of carbonyl (C=O) groups excluding carboxylic acids is 3. The minimum Gasteiger partial charge on any atom is -0.386 e. The zero-order chi connectivity index (χ0) is 35.4. The highest BCUT2D eigenvalue weighted by Crippen LogP contribution is 2.40. The first kappa shape index (κ1) is 36.3. The van der Waals surface area contributed by atoms with Crippen LogP contribution in [0, 0.1) is 17.8 Å². The third-order valence-corrected chi connectivity index (χ3v) is 11.6. The van der Waals surface area contributed by atoms with E-state index in [1.165, 1.54) is 13.1 Å². The molecule has 2 aromatic rings. The molecule has 0 aliphatic carbocycles. The smallest absolute Gasteiger partial charge is 0.386 e. The molecular formula is C37H48ClF3N6O3. The molecule has 50 heavy (non-hydrogen) atoms. The van der Waals surface area contributed by atoms with Gasteiger partial charge >= 0.3 is 12.2 Å². The van der Waals surface area contributed by atoms with Gasteiger partial charge in [-0.3, -0.25) is 9.59 Å². The number of anilines is 2. The van der Waals surface area contributed by atoms with Crippen LogP contribution in [0.3, 0.4) is 0 Å². The quantitative estimate of drug-likeness (QED) is 0.300. The van der Waals surface area contributed by atoms with Crippen LogP contribution in [0.15, 0.2) is 36.4 Å². The van der Waals surface area contributed by atoms with Gasteiger partial charge in [0.2, 0.25) is 11.8 Å². The number of hydrogen-bond acceptors (Lipinski definition) is 5. The van der Waals surface area contributed by atoms with E-state index >= 15 is 0 Å². The summed E-state index contributed by atoms with van der Waals surface area (Å²) in [6, 6.07) is 10.1. The number of alkyl halides is 3. The van der Waals surface area contributed by atoms with Crippen LogP contribution in [0.1, 0.15) is 61.6 Å². The molecule has 4 amide bonds. The van der Waals surface area contributed by atoms with Crippen LogP contribution in [0.25, 0.3) is 0 Å². The Morgan fingerprint density at radius 1 is 0.940 bits per heavy atom. The summed E-state index contributed by atoms with van der Waals surface area (Å²) in [7, 11) is 1.38. The van der Waals surface area contributed by atoms with E-state index in [1.54, 1.807) is 4.90 Å². The second-order valence-corrected chi connectivity index (χ2v) is 14.7. The summed E-state index contributed by atoms with van der Waals surface area (Å²) < 4.78 is 42.1. The highest BCUT2D eigenvalue weighted by molar-refractivity contribution is 6.33. The number of likely N-dealkylation sites (tertiary alicyclic amines) is 2. The van der Waals surface area contributed by atoms with Crippen LogP contribution in [-0.2, 0) is 28.6 Å². The summed E-state index contributed by atoms with van der Waals surface area (Å²) >= 11 is 6.32. The summed E-state index contributed by atoms with van der Waals surface area (Å²) in [5.41, 5.74) is 1.07. The number of para-hydroxylation sites is 1. The summed E-state index contributed by atoms with van der Waals surface area (Å²) in [5, 5.41) is 8.90. The summed E-state index contributed by atoms with van der Waals surface area (Å²) in [4.78, 5) is 46.5. The minimum atomic E-state index is -4.65. The molecule has 0 aromatic heterocycles. The lowest BCUT2D eigenvalue weighted by atomic mass is 9.79. The van der Waals surface area contributed by atoms with Crippen molar-refractivity contribution in [2.75, 3.05) is 63.5 Å². The maximum atomic E-state index is 14.1. The maximum absolute atomic E-state index is 14.1. The van der Waals surface area contributed by atoms with Gasteiger partial charge in [-0.25, -0.2) is 4.79 Å². The molecule has 4 aliphatic rings. The number of rotatable bonds is 8. The SMILES string of the molecule is CNc1c(Cl)cc(C[C@@H](CC(=O)N2CCC(N3CCc4ccccc4NC3=O)CC2)C(=O)N2CCC(C3CCNCC3)CC2)cc1C(F)(F)F. The summed E-state index contributed by atoms with van der Waals surface area (Å²) in [6.07, 6.45) is 1.20. The number of amides is 4. The van der Waals surface area contributed by atoms with Crippen LogP contribution in [0.2, 0.25) is 5.02 Å². The molecule has 6 rings (SSSR count). The Kier molecular flexibility index (Phi) is 11.5. The van der Waals surface area contributed by atoms with Crippen molar-refractivity contribution in [1.82, 2.24) is 20.0 Å². The number of halogens is 4. The molecule has 3 saturated heterocycles. The number of urea groups is 1. The number of fused-ring (bicyclic) bond motifs is 1. The molecule has 4 heterocycles. The van der Waals surface area contributed by atoms with Gasteiger partial charge in [0.25, 0.3) is 0 Å². The number of hydrogen-bond donors (Lipinski definition) is 3. The van der Waals surface area contributed by atoms with E-state index < -0.39 is 17.7 Å². The molecule has 0 radical (unpaired) electrons. The molecule has 0 saturated carbocycles. The van der Waals surface area contributed by atoms with Crippen molar-refractivity contribution in [3.63, 3.8) is 0 Å². The topological polar surface area (TPSA) is 97.0 Å². The predicted octanol–water partition coefficient (Wildman–Crippen LogP) is 6.27. The van der Waals surface area contributed by atoms with Gasteiger partial charge in [0.05, 0.1) is 22.2 Å². The van der Waals surface area contributed by atoms with E-state index in [4.69, 9.17) is 11.6 Å². The molecule has 4 aliphatic heterocycles. The lowest BCUT2D eigenvalue weighted by Gasteiger charge is -2.40. The molecular weight excluding hydrogens is 669 g/mol. The second kappa shape index (κ2) is 15.8. The van der Waals surface area contributed by atoms with E-state index in [2.05, 4.69) is 16.0 Å². The van der Waals surface area contributed by atoms with Gasteiger partial charge < -0.3 is 30.7 Å². The fourth-order valence-corrected chi connectivity index (χ4v) is 8.80. The number of carbonyl (C=O) groups is 3. The molecule has 0 spiro atoms. The Balaban J connectivity index is 1.13. The lowest BCUT2D eigenvalue weighted by Crippen LogP contribution is -2.50. The fourth-order valence-electron chi connectivity index (χ4n) is 8.46. The van der Waals surface area contributed by atoms with Crippen LogP contribution in [-0.4, -0.2) is 91.4 Å². The third kappa shape index (κ3) is 8.33. The van der Waals surface area contributed by atoms with Crippen LogP contribution in [0.5, 0.6) is 0 Å². The third-order valence-electron chi connectivity index (χ3n) is 11.3. The van der Waals surface area contributed by atoms with E-state index in [0.29, 0.717) is 57.4 Å². The fraction of sp³-hybridized carbons (Fsp3) is 0.595. The maximum Gasteiger partial charge on any atom is 0.418 e. The summed E-state index contributed by atoms with van der Waals surface area (Å²) in [6.45, 7) is 4.64. The standard InChI is InChI=1S/C37H48ClF3N6O3/c1-42-34-30(37(39,40)41)21-24(22-31(34)38)20-28(35(49)46-15-8-26(9-16-46)25-6-13-43-14-7-25)23-33(48)45-17-11-29(12-18-45)47-19-10-27-4-2-3-5-32(27)44-36(47)50/h2-5,21-22,25-26,28-29,42-43H,6-20,23H2,1H3,(H,44,50)/t28-/m0/s1. The van der Waals surface area contributed by atoms with Crippen molar-refractivity contribution in [3.8, 4) is 0 Å². The van der Waals surface area contributed by atoms with Gasteiger partial charge in [-0.05, 0) is 106 Å². The molecule has 13 heteroatoms. The van der Waals surface area contributed by atoms with Gasteiger partial charge in [-0.2, -0.15) is 13.2 Å². The van der Waals surface area contributed by atoms with Gasteiger partial charge in [0, 0.05) is 57.9 Å². The first-order valence-electron chi connectivity index (χ1n) is 18.0. The average molecular weight is 717 g/mol. The largest absolute Gasteiger partial charge is 0.418 e. The first-order chi connectivity index (χ1) is 24.0. The van der Waals surface area contributed by atoms with Crippen molar-refractivity contribution in [2.24, 2.45) is 17.8 Å². The molecule has 9 nitrogen and oxygen atoms in total.